The van der Waals surface area contributed by atoms with Crippen LogP contribution in [-0.4, -0.2) is 17.5 Å². The Kier molecular flexibility index (Phi) is 1.96. The van der Waals surface area contributed by atoms with Crippen LogP contribution < -0.4 is 4.74 Å². The van der Waals surface area contributed by atoms with Crippen LogP contribution in [0.5, 0.6) is 5.75 Å². The lowest BCUT2D eigenvalue weighted by Crippen LogP contribution is -1.82. The molecule has 66 valence electrons. The van der Waals surface area contributed by atoms with Gasteiger partial charge in [0.2, 0.25) is 0 Å². The first-order valence-electron chi connectivity index (χ1n) is 3.81. The normalized spacial score (nSPS) is 9.92. The van der Waals surface area contributed by atoms with E-state index in [-0.39, 0.29) is 0 Å². The van der Waals surface area contributed by atoms with Crippen molar-refractivity contribution in [3.05, 3.63) is 30.5 Å². The lowest BCUT2D eigenvalue weighted by Gasteiger charge is -1.98. The zero-order valence-corrected chi connectivity index (χ0v) is 7.10. The van der Waals surface area contributed by atoms with Gasteiger partial charge in [0.25, 0.3) is 0 Å². The van der Waals surface area contributed by atoms with Gasteiger partial charge in [0.15, 0.2) is 6.26 Å². The number of aromatic nitrogens is 2. The Morgan fingerprint density at radius 2 is 2.00 bits per heavy atom. The van der Waals surface area contributed by atoms with Crippen LogP contribution in [0.4, 0.5) is 0 Å². The minimum atomic E-state index is 0.725. The second-order valence-electron chi connectivity index (χ2n) is 2.52. The van der Waals surface area contributed by atoms with E-state index in [2.05, 4.69) is 14.9 Å². The Balaban J connectivity index is 2.33. The summed E-state index contributed by atoms with van der Waals surface area (Å²) >= 11 is 0. The largest absolute Gasteiger partial charge is 0.497 e. The van der Waals surface area contributed by atoms with E-state index in [9.17, 15) is 0 Å². The van der Waals surface area contributed by atoms with Crippen molar-refractivity contribution in [1.29, 1.82) is 0 Å². The Bertz CT molecular complexity index is 367. The van der Waals surface area contributed by atoms with Gasteiger partial charge in [-0.25, -0.2) is 0 Å². The molecule has 1 aromatic heterocycles. The highest BCUT2D eigenvalue weighted by atomic mass is 16.5. The van der Waals surface area contributed by atoms with Crippen LogP contribution in [0.1, 0.15) is 0 Å². The summed E-state index contributed by atoms with van der Waals surface area (Å²) in [7, 11) is 1.63. The Morgan fingerprint density at radius 1 is 1.23 bits per heavy atom. The van der Waals surface area contributed by atoms with Gasteiger partial charge in [-0.2, -0.15) is 0 Å². The van der Waals surface area contributed by atoms with Gasteiger partial charge in [-0.05, 0) is 24.3 Å². The van der Waals surface area contributed by atoms with E-state index < -0.39 is 0 Å². The van der Waals surface area contributed by atoms with Crippen molar-refractivity contribution in [3.8, 4) is 17.0 Å². The molecule has 0 saturated heterocycles. The summed E-state index contributed by atoms with van der Waals surface area (Å²) in [4.78, 5) is 0. The van der Waals surface area contributed by atoms with E-state index in [0.29, 0.717) is 0 Å². The molecule has 0 spiro atoms. The molecular formula is C9H8N2O2. The molecule has 2 aromatic rings. The molecule has 0 aliphatic carbocycles. The molecule has 0 fully saturated rings. The van der Waals surface area contributed by atoms with Gasteiger partial charge in [-0.1, -0.05) is 0 Å². The molecule has 2 rings (SSSR count). The lowest BCUT2D eigenvalue weighted by atomic mass is 10.2. The lowest BCUT2D eigenvalue weighted by molar-refractivity contribution is 0.393. The average Bonchev–Trinajstić information content (AvgIpc) is 2.71. The maximum absolute atomic E-state index is 5.03. The summed E-state index contributed by atoms with van der Waals surface area (Å²) in [6.45, 7) is 0. The first-order valence-corrected chi connectivity index (χ1v) is 3.81. The molecule has 0 aliphatic heterocycles. The molecule has 0 unspecified atom stereocenters. The summed E-state index contributed by atoms with van der Waals surface area (Å²) in [5, 5.41) is 7.17. The van der Waals surface area contributed by atoms with Crippen molar-refractivity contribution in [2.75, 3.05) is 7.11 Å². The molecule has 1 heterocycles. The van der Waals surface area contributed by atoms with Crippen molar-refractivity contribution < 1.29 is 9.26 Å². The second-order valence-corrected chi connectivity index (χ2v) is 2.52. The Hall–Kier alpha value is -1.84. The number of rotatable bonds is 2. The molecule has 0 radical (unpaired) electrons. The van der Waals surface area contributed by atoms with Crippen molar-refractivity contribution in [2.24, 2.45) is 0 Å². The van der Waals surface area contributed by atoms with E-state index in [1.165, 1.54) is 6.26 Å². The van der Waals surface area contributed by atoms with Crippen molar-refractivity contribution in [1.82, 2.24) is 10.4 Å². The fourth-order valence-electron chi connectivity index (χ4n) is 1.05. The topological polar surface area (TPSA) is 48.2 Å². The predicted octanol–water partition coefficient (Wildman–Crippen LogP) is 1.75. The molecule has 0 atom stereocenters. The fraction of sp³-hybridized carbons (Fsp3) is 0.111. The van der Waals surface area contributed by atoms with Gasteiger partial charge in [-0.15, -0.1) is 5.10 Å². The monoisotopic (exact) mass is 176 g/mol. The number of ether oxygens (including phenoxy) is 1. The Labute approximate surface area is 75.1 Å². The molecule has 0 amide bonds. The van der Waals surface area contributed by atoms with Crippen LogP contribution in [0.2, 0.25) is 0 Å². The first-order chi connectivity index (χ1) is 6.40. The molecule has 13 heavy (non-hydrogen) atoms. The molecule has 0 N–H and O–H groups in total. The van der Waals surface area contributed by atoms with E-state index >= 15 is 0 Å². The molecule has 0 saturated carbocycles. The summed E-state index contributed by atoms with van der Waals surface area (Å²) in [6.07, 6.45) is 1.50. The van der Waals surface area contributed by atoms with Gasteiger partial charge in [0.1, 0.15) is 11.4 Å². The minimum Gasteiger partial charge on any atom is -0.497 e. The number of hydrogen-bond donors (Lipinski definition) is 0. The average molecular weight is 176 g/mol. The Morgan fingerprint density at radius 3 is 2.54 bits per heavy atom. The zero-order chi connectivity index (χ0) is 9.10. The summed E-state index contributed by atoms with van der Waals surface area (Å²) in [5.41, 5.74) is 1.68. The number of nitrogens with zero attached hydrogens (tertiary/aromatic N) is 2. The van der Waals surface area contributed by atoms with Gasteiger partial charge < -0.3 is 9.26 Å². The van der Waals surface area contributed by atoms with Crippen LogP contribution in [0.25, 0.3) is 11.3 Å². The third-order valence-electron chi connectivity index (χ3n) is 1.75. The van der Waals surface area contributed by atoms with Crippen LogP contribution in [0.15, 0.2) is 35.1 Å². The van der Waals surface area contributed by atoms with E-state index in [4.69, 9.17) is 4.74 Å². The van der Waals surface area contributed by atoms with Gasteiger partial charge in [-0.3, -0.25) is 0 Å². The molecule has 1 aromatic carbocycles. The minimum absolute atomic E-state index is 0.725. The quantitative estimate of drug-likeness (QED) is 0.699. The van der Waals surface area contributed by atoms with Gasteiger partial charge >= 0.3 is 0 Å². The van der Waals surface area contributed by atoms with E-state index in [1.807, 2.05) is 24.3 Å². The third-order valence-corrected chi connectivity index (χ3v) is 1.75. The highest BCUT2D eigenvalue weighted by molar-refractivity contribution is 5.58. The van der Waals surface area contributed by atoms with Gasteiger partial charge in [0.05, 0.1) is 7.11 Å². The molecule has 4 heteroatoms. The van der Waals surface area contributed by atoms with E-state index in [1.54, 1.807) is 7.11 Å². The predicted molar refractivity (Wildman–Crippen MR) is 46.3 cm³/mol. The summed E-state index contributed by atoms with van der Waals surface area (Å²) in [6, 6.07) is 7.53. The number of hydrogen-bond acceptors (Lipinski definition) is 4. The van der Waals surface area contributed by atoms with E-state index in [0.717, 1.165) is 17.0 Å². The van der Waals surface area contributed by atoms with Crippen molar-refractivity contribution in [2.45, 2.75) is 0 Å². The maximum atomic E-state index is 5.03. The molecule has 0 aliphatic rings. The van der Waals surface area contributed by atoms with Crippen LogP contribution >= 0.6 is 0 Å². The van der Waals surface area contributed by atoms with Crippen molar-refractivity contribution in [3.63, 3.8) is 0 Å². The van der Waals surface area contributed by atoms with Crippen LogP contribution in [0.3, 0.4) is 0 Å². The number of benzene rings is 1. The zero-order valence-electron chi connectivity index (χ0n) is 7.10. The maximum Gasteiger partial charge on any atom is 0.152 e. The standard InChI is InChI=1S/C9H8N2O2/c1-12-8-4-2-7(3-5-8)9-6-13-11-10-9/h2-6H,1H3. The fourth-order valence-corrected chi connectivity index (χ4v) is 1.05. The van der Waals surface area contributed by atoms with Crippen molar-refractivity contribution >= 4 is 0 Å². The molecule has 0 bridgehead atoms. The third kappa shape index (κ3) is 1.51. The first kappa shape index (κ1) is 7.79. The second kappa shape index (κ2) is 3.26. The summed E-state index contributed by atoms with van der Waals surface area (Å²) in [5.74, 6) is 0.820. The van der Waals surface area contributed by atoms with Gasteiger partial charge in [0, 0.05) is 10.8 Å². The molecular weight excluding hydrogens is 168 g/mol. The smallest absolute Gasteiger partial charge is 0.152 e. The van der Waals surface area contributed by atoms with Crippen LogP contribution in [-0.2, 0) is 0 Å². The molecule has 4 nitrogen and oxygen atoms in total. The SMILES string of the molecule is COc1ccc(-c2conn2)cc1. The summed E-state index contributed by atoms with van der Waals surface area (Å²) < 4.78 is 9.66. The van der Waals surface area contributed by atoms with Crippen LogP contribution in [0, 0.1) is 0 Å². The highest BCUT2D eigenvalue weighted by Gasteiger charge is 2.01. The highest BCUT2D eigenvalue weighted by Crippen LogP contribution is 2.19. The number of methoxy groups -OCH3 is 1.